The molecule has 0 fully saturated rings. The van der Waals surface area contributed by atoms with Gasteiger partial charge in [-0.05, 0) is 44.0 Å². The molecule has 32 heavy (non-hydrogen) atoms. The Hall–Kier alpha value is -3.45. The Labute approximate surface area is 191 Å². The lowest BCUT2D eigenvalue weighted by molar-refractivity contribution is -0.119. The Morgan fingerprint density at radius 1 is 1.06 bits per heavy atom. The topological polar surface area (TPSA) is 93.1 Å². The summed E-state index contributed by atoms with van der Waals surface area (Å²) in [5, 5.41) is 10.4. The smallest absolute Gasteiger partial charge is 0.291 e. The van der Waals surface area contributed by atoms with Gasteiger partial charge >= 0.3 is 0 Å². The number of carbonyl (C=O) groups is 2. The molecule has 0 aliphatic rings. The van der Waals surface area contributed by atoms with Crippen LogP contribution >= 0.6 is 11.6 Å². The number of rotatable bonds is 6. The number of benzene rings is 2. The minimum atomic E-state index is -0.890. The molecule has 0 spiro atoms. The molecule has 0 saturated carbocycles. The van der Waals surface area contributed by atoms with Crippen LogP contribution in [0.3, 0.4) is 0 Å². The van der Waals surface area contributed by atoms with E-state index in [1.165, 1.54) is 13.0 Å². The number of hydrogen-bond acceptors (Lipinski definition) is 4. The maximum absolute atomic E-state index is 13.1. The van der Waals surface area contributed by atoms with Crippen molar-refractivity contribution in [2.24, 2.45) is 0 Å². The summed E-state index contributed by atoms with van der Waals surface area (Å²) < 4.78 is 1.13. The van der Waals surface area contributed by atoms with Crippen LogP contribution in [0, 0.1) is 13.8 Å². The van der Waals surface area contributed by atoms with Gasteiger partial charge in [-0.1, -0.05) is 54.4 Å². The van der Waals surface area contributed by atoms with Crippen LogP contribution in [-0.2, 0) is 9.59 Å². The molecule has 8 heteroatoms. The van der Waals surface area contributed by atoms with E-state index in [1.807, 2.05) is 31.2 Å². The summed E-state index contributed by atoms with van der Waals surface area (Å²) in [6.07, 6.45) is 0.315. The summed E-state index contributed by atoms with van der Waals surface area (Å²) >= 11 is 6.16. The third-order valence-electron chi connectivity index (χ3n) is 5.10. The molecule has 7 nitrogen and oxygen atoms in total. The first kappa shape index (κ1) is 23.2. The van der Waals surface area contributed by atoms with E-state index < -0.39 is 17.5 Å². The van der Waals surface area contributed by atoms with Crippen LogP contribution in [0.25, 0.3) is 11.3 Å². The summed E-state index contributed by atoms with van der Waals surface area (Å²) in [6.45, 7) is 6.88. The summed E-state index contributed by atoms with van der Waals surface area (Å²) in [4.78, 5) is 37.9. The standard InChI is InChI=1S/C24H25ClN4O3/c1-5-22(23(31)27-19-8-6-7-18(25)15(19)3)29-24(32)21(26-16(4)30)13-20(28-29)17-11-9-14(2)10-12-17/h6-13,22H,5H2,1-4H3,(H,26,30)(H,27,31)/t22-/m0/s1. The first-order valence-corrected chi connectivity index (χ1v) is 10.6. The highest BCUT2D eigenvalue weighted by Crippen LogP contribution is 2.25. The molecule has 1 heterocycles. The fourth-order valence-corrected chi connectivity index (χ4v) is 3.47. The number of nitrogens with one attached hydrogen (secondary N) is 2. The van der Waals surface area contributed by atoms with Gasteiger partial charge in [-0.15, -0.1) is 0 Å². The van der Waals surface area contributed by atoms with Gasteiger partial charge < -0.3 is 10.6 Å². The Kier molecular flexibility index (Phi) is 7.10. The van der Waals surface area contributed by atoms with Crippen molar-refractivity contribution in [2.45, 2.75) is 40.2 Å². The van der Waals surface area contributed by atoms with E-state index >= 15 is 0 Å². The van der Waals surface area contributed by atoms with Gasteiger partial charge in [0, 0.05) is 23.2 Å². The average Bonchev–Trinajstić information content (AvgIpc) is 2.74. The van der Waals surface area contributed by atoms with Crippen molar-refractivity contribution in [1.29, 1.82) is 0 Å². The largest absolute Gasteiger partial charge is 0.324 e. The zero-order chi connectivity index (χ0) is 23.4. The quantitative estimate of drug-likeness (QED) is 0.565. The SMILES string of the molecule is CC[C@@H](C(=O)Nc1cccc(Cl)c1C)n1nc(-c2ccc(C)cc2)cc(NC(C)=O)c1=O. The van der Waals surface area contributed by atoms with Crippen molar-refractivity contribution < 1.29 is 9.59 Å². The normalized spacial score (nSPS) is 11.7. The molecular weight excluding hydrogens is 428 g/mol. The summed E-state index contributed by atoms with van der Waals surface area (Å²) in [5.41, 5.74) is 3.10. The molecule has 0 saturated heterocycles. The van der Waals surface area contributed by atoms with Gasteiger partial charge in [-0.3, -0.25) is 14.4 Å². The van der Waals surface area contributed by atoms with Gasteiger partial charge in [-0.2, -0.15) is 5.10 Å². The molecule has 2 aromatic carbocycles. The van der Waals surface area contributed by atoms with Gasteiger partial charge in [0.05, 0.1) is 5.69 Å². The van der Waals surface area contributed by atoms with Gasteiger partial charge in [0.25, 0.3) is 5.56 Å². The Morgan fingerprint density at radius 3 is 2.38 bits per heavy atom. The zero-order valence-electron chi connectivity index (χ0n) is 18.4. The van der Waals surface area contributed by atoms with Crippen molar-refractivity contribution in [3.63, 3.8) is 0 Å². The van der Waals surface area contributed by atoms with Crippen LogP contribution < -0.4 is 16.2 Å². The van der Waals surface area contributed by atoms with E-state index in [0.717, 1.165) is 21.4 Å². The minimum absolute atomic E-state index is 0.0632. The van der Waals surface area contributed by atoms with Crippen LogP contribution in [0.4, 0.5) is 11.4 Å². The molecule has 166 valence electrons. The van der Waals surface area contributed by atoms with Crippen LogP contribution in [0.15, 0.2) is 53.3 Å². The second-order valence-electron chi connectivity index (χ2n) is 7.57. The van der Waals surface area contributed by atoms with Crippen LogP contribution in [0.2, 0.25) is 5.02 Å². The lowest BCUT2D eigenvalue weighted by Crippen LogP contribution is -2.36. The van der Waals surface area contributed by atoms with Gasteiger partial charge in [-0.25, -0.2) is 4.68 Å². The van der Waals surface area contributed by atoms with E-state index in [0.29, 0.717) is 22.8 Å². The van der Waals surface area contributed by atoms with Crippen molar-refractivity contribution in [3.8, 4) is 11.3 Å². The number of halogens is 1. The van der Waals surface area contributed by atoms with Gasteiger partial charge in [0.1, 0.15) is 11.7 Å². The first-order valence-electron chi connectivity index (χ1n) is 10.3. The molecule has 0 radical (unpaired) electrons. The van der Waals surface area contributed by atoms with E-state index in [4.69, 9.17) is 11.6 Å². The highest BCUT2D eigenvalue weighted by atomic mass is 35.5. The predicted molar refractivity (Wildman–Crippen MR) is 127 cm³/mol. The zero-order valence-corrected chi connectivity index (χ0v) is 19.2. The first-order chi connectivity index (χ1) is 15.2. The molecular formula is C24H25ClN4O3. The number of amides is 2. The van der Waals surface area contributed by atoms with E-state index in [2.05, 4.69) is 15.7 Å². The molecule has 1 aromatic heterocycles. The van der Waals surface area contributed by atoms with Crippen LogP contribution in [0.5, 0.6) is 0 Å². The highest BCUT2D eigenvalue weighted by Gasteiger charge is 2.24. The fourth-order valence-electron chi connectivity index (χ4n) is 3.30. The molecule has 3 rings (SSSR count). The number of hydrogen-bond donors (Lipinski definition) is 2. The van der Waals surface area contributed by atoms with Crippen molar-refractivity contribution in [2.75, 3.05) is 10.6 Å². The second kappa shape index (κ2) is 9.78. The third-order valence-corrected chi connectivity index (χ3v) is 5.51. The van der Waals surface area contributed by atoms with Crippen molar-refractivity contribution in [1.82, 2.24) is 9.78 Å². The lowest BCUT2D eigenvalue weighted by Gasteiger charge is -2.20. The van der Waals surface area contributed by atoms with E-state index in [-0.39, 0.29) is 11.6 Å². The van der Waals surface area contributed by atoms with E-state index in [1.54, 1.807) is 32.0 Å². The number of aromatic nitrogens is 2. The van der Waals surface area contributed by atoms with Crippen LogP contribution in [0.1, 0.15) is 37.4 Å². The molecule has 3 aromatic rings. The van der Waals surface area contributed by atoms with Gasteiger partial charge in [0.2, 0.25) is 11.8 Å². The molecule has 0 aliphatic heterocycles. The van der Waals surface area contributed by atoms with E-state index in [9.17, 15) is 14.4 Å². The van der Waals surface area contributed by atoms with Gasteiger partial charge in [0.15, 0.2) is 0 Å². The molecule has 0 bridgehead atoms. The monoisotopic (exact) mass is 452 g/mol. The summed E-state index contributed by atoms with van der Waals surface area (Å²) in [7, 11) is 0. The predicted octanol–water partition coefficient (Wildman–Crippen LogP) is 4.73. The molecule has 0 unspecified atom stereocenters. The fraction of sp³-hybridized carbons (Fsp3) is 0.250. The Balaban J connectivity index is 2.08. The number of aryl methyl sites for hydroxylation is 1. The maximum Gasteiger partial charge on any atom is 0.291 e. The minimum Gasteiger partial charge on any atom is -0.324 e. The number of anilines is 2. The second-order valence-corrected chi connectivity index (χ2v) is 7.97. The molecule has 2 N–H and O–H groups in total. The average molecular weight is 453 g/mol. The summed E-state index contributed by atoms with van der Waals surface area (Å²) in [5.74, 6) is -0.788. The number of nitrogens with zero attached hydrogens (tertiary/aromatic N) is 2. The maximum atomic E-state index is 13.1. The third kappa shape index (κ3) is 5.06. The molecule has 1 atom stereocenters. The van der Waals surface area contributed by atoms with Crippen molar-refractivity contribution in [3.05, 3.63) is 75.0 Å². The number of carbonyl (C=O) groups excluding carboxylic acids is 2. The highest BCUT2D eigenvalue weighted by molar-refractivity contribution is 6.31. The Morgan fingerprint density at radius 2 is 1.75 bits per heavy atom. The lowest BCUT2D eigenvalue weighted by atomic mass is 10.1. The Bertz CT molecular complexity index is 1220. The molecule has 2 amide bonds. The van der Waals surface area contributed by atoms with Crippen molar-refractivity contribution >= 4 is 34.8 Å². The van der Waals surface area contributed by atoms with Crippen LogP contribution in [-0.4, -0.2) is 21.6 Å². The summed E-state index contributed by atoms with van der Waals surface area (Å²) in [6, 6.07) is 13.5. The molecule has 0 aliphatic carbocycles.